The van der Waals surface area contributed by atoms with E-state index in [-0.39, 0.29) is 30.1 Å². The van der Waals surface area contributed by atoms with Crippen LogP contribution < -0.4 is 4.74 Å². The van der Waals surface area contributed by atoms with E-state index in [4.69, 9.17) is 9.47 Å². The molecule has 2 heterocycles. The molecule has 1 atom stereocenters. The molecule has 7 nitrogen and oxygen atoms in total. The number of carbonyl (C=O) groups is 3. The van der Waals surface area contributed by atoms with Crippen LogP contribution in [0, 0.1) is 0 Å². The minimum atomic E-state index is -0.358. The van der Waals surface area contributed by atoms with Crippen LogP contribution in [-0.4, -0.2) is 73.4 Å². The van der Waals surface area contributed by atoms with E-state index >= 15 is 0 Å². The van der Waals surface area contributed by atoms with Gasteiger partial charge in [-0.25, -0.2) is 0 Å². The van der Waals surface area contributed by atoms with Gasteiger partial charge in [0, 0.05) is 38.0 Å². The summed E-state index contributed by atoms with van der Waals surface area (Å²) in [7, 11) is 1.58. The third kappa shape index (κ3) is 4.90. The second-order valence-electron chi connectivity index (χ2n) is 7.19. The first-order valence-electron chi connectivity index (χ1n) is 9.93. The zero-order chi connectivity index (χ0) is 19.9. The van der Waals surface area contributed by atoms with E-state index in [1.165, 1.54) is 0 Å². The number of likely N-dealkylation sites (tertiary alicyclic amines) is 1. The Balaban J connectivity index is 1.47. The molecule has 2 aliphatic heterocycles. The van der Waals surface area contributed by atoms with Crippen molar-refractivity contribution in [1.82, 2.24) is 9.80 Å². The van der Waals surface area contributed by atoms with Crippen molar-refractivity contribution in [3.05, 3.63) is 29.8 Å². The van der Waals surface area contributed by atoms with E-state index in [9.17, 15) is 14.4 Å². The van der Waals surface area contributed by atoms with E-state index in [1.807, 2.05) is 0 Å². The molecule has 0 spiro atoms. The fourth-order valence-electron chi connectivity index (χ4n) is 3.78. The number of nitrogens with zero attached hydrogens (tertiary/aromatic N) is 2. The van der Waals surface area contributed by atoms with Gasteiger partial charge in [0.1, 0.15) is 11.8 Å². The minimum absolute atomic E-state index is 0.0119. The number of methoxy groups -OCH3 is 1. The average molecular weight is 388 g/mol. The van der Waals surface area contributed by atoms with Gasteiger partial charge in [-0.15, -0.1) is 0 Å². The molecule has 0 bridgehead atoms. The first-order chi connectivity index (χ1) is 13.6. The fourth-order valence-corrected chi connectivity index (χ4v) is 3.78. The fraction of sp³-hybridized carbons (Fsp3) is 0.571. The Hall–Kier alpha value is -2.41. The lowest BCUT2D eigenvalue weighted by atomic mass is 10.0. The van der Waals surface area contributed by atoms with Crippen LogP contribution >= 0.6 is 0 Å². The van der Waals surface area contributed by atoms with E-state index in [0.29, 0.717) is 63.4 Å². The lowest BCUT2D eigenvalue weighted by Crippen LogP contribution is -2.51. The van der Waals surface area contributed by atoms with Crippen molar-refractivity contribution >= 4 is 17.6 Å². The first-order valence-corrected chi connectivity index (χ1v) is 9.93. The summed E-state index contributed by atoms with van der Waals surface area (Å²) in [4.78, 5) is 41.2. The topological polar surface area (TPSA) is 76.2 Å². The Morgan fingerprint density at radius 2 is 1.79 bits per heavy atom. The molecule has 0 aliphatic carbocycles. The van der Waals surface area contributed by atoms with Crippen molar-refractivity contribution in [2.75, 3.05) is 40.0 Å². The summed E-state index contributed by atoms with van der Waals surface area (Å²) in [6, 6.07) is 6.62. The zero-order valence-electron chi connectivity index (χ0n) is 16.4. The maximum absolute atomic E-state index is 12.7. The lowest BCUT2D eigenvalue weighted by molar-refractivity contribution is -0.146. The van der Waals surface area contributed by atoms with Gasteiger partial charge in [-0.3, -0.25) is 14.4 Å². The molecule has 0 aromatic heterocycles. The maximum Gasteiger partial charge on any atom is 0.245 e. The molecule has 2 fully saturated rings. The molecule has 3 rings (SSSR count). The summed E-state index contributed by atoms with van der Waals surface area (Å²) in [6.45, 7) is 2.91. The molecule has 2 aliphatic rings. The number of Topliss-reactive ketones (excluding diaryl/α,β-unsaturated/α-hetero) is 1. The van der Waals surface area contributed by atoms with Gasteiger partial charge in [0.25, 0.3) is 0 Å². The Labute approximate surface area is 165 Å². The maximum atomic E-state index is 12.7. The number of rotatable bonds is 7. The molecule has 0 radical (unpaired) electrons. The van der Waals surface area contributed by atoms with Gasteiger partial charge in [-0.2, -0.15) is 0 Å². The van der Waals surface area contributed by atoms with E-state index in [1.54, 1.807) is 41.2 Å². The number of ether oxygens (including phenoxy) is 2. The number of amides is 2. The average Bonchev–Trinajstić information content (AvgIpc) is 3.23. The second-order valence-corrected chi connectivity index (χ2v) is 7.19. The normalized spacial score (nSPS) is 19.5. The zero-order valence-corrected chi connectivity index (χ0v) is 16.4. The number of morpholine rings is 1. The molecule has 152 valence electrons. The third-order valence-corrected chi connectivity index (χ3v) is 5.39. The first kappa shape index (κ1) is 20.3. The predicted octanol–water partition coefficient (Wildman–Crippen LogP) is 1.90. The van der Waals surface area contributed by atoms with Crippen molar-refractivity contribution in [3.8, 4) is 5.75 Å². The van der Waals surface area contributed by atoms with Crippen molar-refractivity contribution in [2.24, 2.45) is 0 Å². The monoisotopic (exact) mass is 388 g/mol. The highest BCUT2D eigenvalue weighted by Crippen LogP contribution is 2.22. The van der Waals surface area contributed by atoms with Gasteiger partial charge in [-0.05, 0) is 43.5 Å². The van der Waals surface area contributed by atoms with Crippen LogP contribution in [0.25, 0.3) is 0 Å². The molecule has 0 saturated carbocycles. The van der Waals surface area contributed by atoms with Crippen LogP contribution in [0.15, 0.2) is 24.3 Å². The number of benzene rings is 1. The van der Waals surface area contributed by atoms with Gasteiger partial charge < -0.3 is 19.3 Å². The molecule has 1 aromatic carbocycles. The molecular formula is C21H28N2O5. The number of ketones is 1. The summed E-state index contributed by atoms with van der Waals surface area (Å²) in [5.41, 5.74) is 0.620. The summed E-state index contributed by atoms with van der Waals surface area (Å²) >= 11 is 0. The lowest BCUT2D eigenvalue weighted by Gasteiger charge is -2.32. The highest BCUT2D eigenvalue weighted by Gasteiger charge is 2.36. The minimum Gasteiger partial charge on any atom is -0.497 e. The molecular weight excluding hydrogens is 360 g/mol. The van der Waals surface area contributed by atoms with Crippen LogP contribution in [0.2, 0.25) is 0 Å². The van der Waals surface area contributed by atoms with E-state index in [0.717, 1.165) is 6.42 Å². The second kappa shape index (κ2) is 9.68. The third-order valence-electron chi connectivity index (χ3n) is 5.39. The number of carbonyl (C=O) groups excluding carboxylic acids is 3. The van der Waals surface area contributed by atoms with Crippen molar-refractivity contribution in [1.29, 1.82) is 0 Å². The molecule has 0 N–H and O–H groups in total. The quantitative estimate of drug-likeness (QED) is 0.667. The van der Waals surface area contributed by atoms with Crippen LogP contribution in [0.1, 0.15) is 42.5 Å². The van der Waals surface area contributed by atoms with Crippen LogP contribution in [0.3, 0.4) is 0 Å². The van der Waals surface area contributed by atoms with Crippen LogP contribution in [0.5, 0.6) is 5.75 Å². The molecule has 0 unspecified atom stereocenters. The summed E-state index contributed by atoms with van der Waals surface area (Å²) in [6.07, 6.45) is 2.64. The predicted molar refractivity (Wildman–Crippen MR) is 103 cm³/mol. The van der Waals surface area contributed by atoms with Gasteiger partial charge in [0.05, 0.1) is 20.3 Å². The Bertz CT molecular complexity index is 697. The van der Waals surface area contributed by atoms with Gasteiger partial charge in [-0.1, -0.05) is 0 Å². The van der Waals surface area contributed by atoms with Gasteiger partial charge in [0.15, 0.2) is 5.78 Å². The molecule has 2 saturated heterocycles. The van der Waals surface area contributed by atoms with Crippen LogP contribution in [-0.2, 0) is 14.3 Å². The van der Waals surface area contributed by atoms with Crippen LogP contribution in [0.4, 0.5) is 0 Å². The SMILES string of the molecule is COc1ccc(C(=O)CCCC(=O)N2CCC[C@H]2C(=O)N2CCOCC2)cc1. The summed E-state index contributed by atoms with van der Waals surface area (Å²) < 4.78 is 10.4. The highest BCUT2D eigenvalue weighted by atomic mass is 16.5. The van der Waals surface area contributed by atoms with E-state index in [2.05, 4.69) is 0 Å². The molecule has 2 amide bonds. The Morgan fingerprint density at radius 1 is 1.07 bits per heavy atom. The van der Waals surface area contributed by atoms with Gasteiger partial charge in [0.2, 0.25) is 11.8 Å². The Morgan fingerprint density at radius 3 is 2.46 bits per heavy atom. The number of hydrogen-bond donors (Lipinski definition) is 0. The molecule has 7 heteroatoms. The molecule has 1 aromatic rings. The summed E-state index contributed by atoms with van der Waals surface area (Å²) in [5.74, 6) is 0.713. The highest BCUT2D eigenvalue weighted by molar-refractivity contribution is 5.96. The van der Waals surface area contributed by atoms with Gasteiger partial charge >= 0.3 is 0 Å². The largest absolute Gasteiger partial charge is 0.497 e. The van der Waals surface area contributed by atoms with Crippen molar-refractivity contribution < 1.29 is 23.9 Å². The van der Waals surface area contributed by atoms with Crippen molar-refractivity contribution in [2.45, 2.75) is 38.1 Å². The number of hydrogen-bond acceptors (Lipinski definition) is 5. The van der Waals surface area contributed by atoms with Crippen molar-refractivity contribution in [3.63, 3.8) is 0 Å². The standard InChI is InChI=1S/C21H28N2O5/c1-27-17-9-7-16(8-10-17)19(24)5-2-6-20(25)23-11-3-4-18(23)21(26)22-12-14-28-15-13-22/h7-10,18H,2-6,11-15H2,1H3/t18-/m0/s1. The smallest absolute Gasteiger partial charge is 0.245 e. The molecule has 28 heavy (non-hydrogen) atoms. The van der Waals surface area contributed by atoms with E-state index < -0.39 is 0 Å². The Kier molecular flexibility index (Phi) is 7.03. The summed E-state index contributed by atoms with van der Waals surface area (Å²) in [5, 5.41) is 0.